The fraction of sp³-hybridized carbons (Fsp3) is 0.714. The highest BCUT2D eigenvalue weighted by Crippen LogP contribution is 2.21. The smallest absolute Gasteiger partial charge is 0.148 e. The Morgan fingerprint density at radius 3 is 2.53 bits per heavy atom. The lowest BCUT2D eigenvalue weighted by Crippen LogP contribution is -2.19. The zero-order valence-corrected chi connectivity index (χ0v) is 12.4. The third-order valence-corrected chi connectivity index (χ3v) is 3.31. The lowest BCUT2D eigenvalue weighted by atomic mass is 10.1. The number of nitrogens with one attached hydrogen (secondary N) is 2. The Labute approximate surface area is 116 Å². The van der Waals surface area contributed by atoms with Gasteiger partial charge in [0, 0.05) is 11.6 Å². The molecule has 4 N–H and O–H groups in total. The minimum absolute atomic E-state index is 0.419. The lowest BCUT2D eigenvalue weighted by Gasteiger charge is -2.17. The predicted octanol–water partition coefficient (Wildman–Crippen LogP) is 3.10. The molecule has 1 atom stereocenters. The Morgan fingerprint density at radius 1 is 1.16 bits per heavy atom. The third kappa shape index (κ3) is 5.03. The van der Waals surface area contributed by atoms with Crippen LogP contribution in [0.3, 0.4) is 0 Å². The second-order valence-corrected chi connectivity index (χ2v) is 4.94. The van der Waals surface area contributed by atoms with Crippen molar-refractivity contribution in [3.05, 3.63) is 11.9 Å². The van der Waals surface area contributed by atoms with Crippen LogP contribution in [0.15, 0.2) is 6.33 Å². The van der Waals surface area contributed by atoms with Gasteiger partial charge in [0.25, 0.3) is 0 Å². The van der Waals surface area contributed by atoms with Crippen LogP contribution < -0.4 is 16.6 Å². The van der Waals surface area contributed by atoms with Gasteiger partial charge in [0.05, 0.1) is 0 Å². The third-order valence-electron chi connectivity index (χ3n) is 3.31. The van der Waals surface area contributed by atoms with E-state index in [1.165, 1.54) is 32.1 Å². The van der Waals surface area contributed by atoms with Crippen molar-refractivity contribution < 1.29 is 0 Å². The van der Waals surface area contributed by atoms with Gasteiger partial charge in [0.15, 0.2) is 0 Å². The summed E-state index contributed by atoms with van der Waals surface area (Å²) in [6.45, 7) is 6.51. The Morgan fingerprint density at radius 2 is 1.89 bits per heavy atom. The van der Waals surface area contributed by atoms with E-state index in [9.17, 15) is 0 Å². The summed E-state index contributed by atoms with van der Waals surface area (Å²) < 4.78 is 0. The summed E-state index contributed by atoms with van der Waals surface area (Å²) in [6, 6.07) is 0.419. The first-order valence-corrected chi connectivity index (χ1v) is 7.29. The standard InChI is InChI=1S/C14H27N5/c1-4-6-7-8-9-11(3)18-13-12(5-2)14(19-15)17-10-16-13/h10-11H,4-9,15H2,1-3H3,(H2,16,17,18,19). The van der Waals surface area contributed by atoms with Crippen LogP contribution in [-0.4, -0.2) is 16.0 Å². The summed E-state index contributed by atoms with van der Waals surface area (Å²) in [5.74, 6) is 7.07. The van der Waals surface area contributed by atoms with E-state index in [2.05, 4.69) is 41.5 Å². The van der Waals surface area contributed by atoms with Crippen LogP contribution in [0.2, 0.25) is 0 Å². The second kappa shape index (κ2) is 8.69. The number of hydrogen-bond acceptors (Lipinski definition) is 5. The first-order chi connectivity index (χ1) is 9.22. The van der Waals surface area contributed by atoms with Crippen molar-refractivity contribution in [1.82, 2.24) is 9.97 Å². The molecular formula is C14H27N5. The summed E-state index contributed by atoms with van der Waals surface area (Å²) in [4.78, 5) is 8.46. The van der Waals surface area contributed by atoms with Gasteiger partial charge in [-0.2, -0.15) is 0 Å². The average Bonchev–Trinajstić information content (AvgIpc) is 2.43. The Bertz CT molecular complexity index is 367. The molecule has 0 fully saturated rings. The molecule has 5 heteroatoms. The van der Waals surface area contributed by atoms with Crippen LogP contribution in [0.5, 0.6) is 0 Å². The molecule has 0 aliphatic rings. The predicted molar refractivity (Wildman–Crippen MR) is 81.1 cm³/mol. The Kier molecular flexibility index (Phi) is 7.18. The van der Waals surface area contributed by atoms with Crippen molar-refractivity contribution in [2.75, 3.05) is 10.7 Å². The van der Waals surface area contributed by atoms with Crippen LogP contribution in [0.4, 0.5) is 11.6 Å². The van der Waals surface area contributed by atoms with Crippen LogP contribution in [0, 0.1) is 0 Å². The Balaban J connectivity index is 2.56. The minimum Gasteiger partial charge on any atom is -0.367 e. The number of unbranched alkanes of at least 4 members (excludes halogenated alkanes) is 3. The van der Waals surface area contributed by atoms with E-state index in [0.717, 1.165) is 17.8 Å². The van der Waals surface area contributed by atoms with Crippen LogP contribution >= 0.6 is 0 Å². The topological polar surface area (TPSA) is 75.9 Å². The van der Waals surface area contributed by atoms with Gasteiger partial charge in [-0.1, -0.05) is 39.5 Å². The van der Waals surface area contributed by atoms with E-state index < -0.39 is 0 Å². The molecular weight excluding hydrogens is 238 g/mol. The van der Waals surface area contributed by atoms with Gasteiger partial charge < -0.3 is 10.7 Å². The summed E-state index contributed by atoms with van der Waals surface area (Å²) in [5, 5.41) is 3.47. The van der Waals surface area contributed by atoms with Gasteiger partial charge in [-0.05, 0) is 19.8 Å². The van der Waals surface area contributed by atoms with Gasteiger partial charge in [0.2, 0.25) is 0 Å². The van der Waals surface area contributed by atoms with E-state index >= 15 is 0 Å². The molecule has 0 amide bonds. The average molecular weight is 265 g/mol. The number of anilines is 2. The first-order valence-electron chi connectivity index (χ1n) is 7.29. The van der Waals surface area contributed by atoms with Crippen molar-refractivity contribution in [3.8, 4) is 0 Å². The SMILES string of the molecule is CCCCCCC(C)Nc1ncnc(NN)c1CC. The normalized spacial score (nSPS) is 12.2. The van der Waals surface area contributed by atoms with E-state index in [1.807, 2.05) is 0 Å². The molecule has 1 rings (SSSR count). The van der Waals surface area contributed by atoms with Gasteiger partial charge in [-0.25, -0.2) is 15.8 Å². The molecule has 0 saturated carbocycles. The monoisotopic (exact) mass is 265 g/mol. The van der Waals surface area contributed by atoms with E-state index in [0.29, 0.717) is 11.9 Å². The molecule has 0 saturated heterocycles. The summed E-state index contributed by atoms with van der Waals surface area (Å²) in [7, 11) is 0. The molecule has 0 aliphatic heterocycles. The van der Waals surface area contributed by atoms with E-state index in [-0.39, 0.29) is 0 Å². The van der Waals surface area contributed by atoms with Crippen molar-refractivity contribution in [3.63, 3.8) is 0 Å². The largest absolute Gasteiger partial charge is 0.367 e. The molecule has 5 nitrogen and oxygen atoms in total. The molecule has 0 aromatic carbocycles. The van der Waals surface area contributed by atoms with Crippen molar-refractivity contribution >= 4 is 11.6 Å². The maximum absolute atomic E-state index is 5.47. The van der Waals surface area contributed by atoms with Crippen molar-refractivity contribution in [1.29, 1.82) is 0 Å². The molecule has 0 bridgehead atoms. The van der Waals surface area contributed by atoms with Crippen LogP contribution in [-0.2, 0) is 6.42 Å². The van der Waals surface area contributed by atoms with Crippen molar-refractivity contribution in [2.24, 2.45) is 5.84 Å². The molecule has 0 aliphatic carbocycles. The lowest BCUT2D eigenvalue weighted by molar-refractivity contribution is 0.592. The fourth-order valence-corrected chi connectivity index (χ4v) is 2.18. The maximum atomic E-state index is 5.47. The molecule has 0 spiro atoms. The molecule has 19 heavy (non-hydrogen) atoms. The van der Waals surface area contributed by atoms with E-state index in [1.54, 1.807) is 6.33 Å². The van der Waals surface area contributed by atoms with E-state index in [4.69, 9.17) is 5.84 Å². The number of nitrogen functional groups attached to an aromatic ring is 1. The van der Waals surface area contributed by atoms with Gasteiger partial charge in [0.1, 0.15) is 18.0 Å². The van der Waals surface area contributed by atoms with Gasteiger partial charge in [-0.15, -0.1) is 0 Å². The maximum Gasteiger partial charge on any atom is 0.148 e. The summed E-state index contributed by atoms with van der Waals surface area (Å²) >= 11 is 0. The highest BCUT2D eigenvalue weighted by molar-refractivity contribution is 5.57. The number of nitrogens with zero attached hydrogens (tertiary/aromatic N) is 2. The Hall–Kier alpha value is -1.36. The number of hydrogen-bond donors (Lipinski definition) is 3. The second-order valence-electron chi connectivity index (χ2n) is 4.94. The fourth-order valence-electron chi connectivity index (χ4n) is 2.18. The van der Waals surface area contributed by atoms with Gasteiger partial charge >= 0.3 is 0 Å². The first kappa shape index (κ1) is 15.7. The van der Waals surface area contributed by atoms with Crippen LogP contribution in [0.1, 0.15) is 58.4 Å². The minimum atomic E-state index is 0.419. The molecule has 1 aromatic heterocycles. The number of nitrogens with two attached hydrogens (primary N) is 1. The quantitative estimate of drug-likeness (QED) is 0.363. The molecule has 1 heterocycles. The van der Waals surface area contributed by atoms with Crippen LogP contribution in [0.25, 0.3) is 0 Å². The number of rotatable bonds is 9. The number of aromatic nitrogens is 2. The van der Waals surface area contributed by atoms with Gasteiger partial charge in [-0.3, -0.25) is 0 Å². The molecule has 1 aromatic rings. The molecule has 108 valence electrons. The molecule has 0 radical (unpaired) electrons. The van der Waals surface area contributed by atoms with Crippen molar-refractivity contribution in [2.45, 2.75) is 65.3 Å². The zero-order chi connectivity index (χ0) is 14.1. The molecule has 1 unspecified atom stereocenters. The summed E-state index contributed by atoms with van der Waals surface area (Å²) in [6.07, 6.45) is 8.73. The summed E-state index contributed by atoms with van der Waals surface area (Å²) in [5.41, 5.74) is 3.68. The highest BCUT2D eigenvalue weighted by atomic mass is 15.3. The highest BCUT2D eigenvalue weighted by Gasteiger charge is 2.11. The number of hydrazine groups is 1. The zero-order valence-electron chi connectivity index (χ0n) is 12.4.